The number of aryl methyl sites for hydroxylation is 1. The van der Waals surface area contributed by atoms with Crippen molar-refractivity contribution in [2.45, 2.75) is 0 Å². The molecular formula is C26H13N5OS. The SMILES string of the molecule is [C-]#[N+]/C(C#N)=C1\C(=C\c2nc3c(cc(-c4ccc([N+]#[C-])cc4)n3C)s2)C(=O)c2ccccc21. The quantitative estimate of drug-likeness (QED) is 0.208. The first kappa shape index (κ1) is 20.2. The van der Waals surface area contributed by atoms with E-state index in [2.05, 4.69) is 9.69 Å². The van der Waals surface area contributed by atoms with E-state index in [0.717, 1.165) is 21.6 Å². The first-order valence-corrected chi connectivity index (χ1v) is 10.7. The molecule has 0 amide bonds. The molecule has 7 heteroatoms. The normalized spacial score (nSPS) is 15.2. The minimum atomic E-state index is -0.211. The average molecular weight is 443 g/mol. The van der Waals surface area contributed by atoms with Crippen molar-refractivity contribution >= 4 is 44.8 Å². The second kappa shape index (κ2) is 7.73. The number of Topliss-reactive ketones (excluding diaryl/α,β-unsaturated/α-hetero) is 1. The molecule has 6 nitrogen and oxygen atoms in total. The summed E-state index contributed by atoms with van der Waals surface area (Å²) in [7, 11) is 1.92. The number of fused-ring (bicyclic) bond motifs is 2. The van der Waals surface area contributed by atoms with Crippen LogP contribution in [-0.4, -0.2) is 15.3 Å². The van der Waals surface area contributed by atoms with Gasteiger partial charge in [-0.1, -0.05) is 48.5 Å². The van der Waals surface area contributed by atoms with Crippen LogP contribution >= 0.6 is 11.3 Å². The van der Waals surface area contributed by atoms with Crippen LogP contribution in [0.2, 0.25) is 0 Å². The van der Waals surface area contributed by atoms with E-state index in [1.165, 1.54) is 11.3 Å². The van der Waals surface area contributed by atoms with Gasteiger partial charge in [0.1, 0.15) is 5.01 Å². The van der Waals surface area contributed by atoms with Crippen molar-refractivity contribution in [3.63, 3.8) is 0 Å². The van der Waals surface area contributed by atoms with E-state index in [1.807, 2.05) is 35.9 Å². The molecule has 0 aliphatic heterocycles. The van der Waals surface area contributed by atoms with Gasteiger partial charge in [-0.05, 0) is 23.3 Å². The molecule has 154 valence electrons. The Morgan fingerprint density at radius 2 is 1.88 bits per heavy atom. The minimum absolute atomic E-state index is 0.106. The summed E-state index contributed by atoms with van der Waals surface area (Å²) in [5.74, 6) is -0.211. The van der Waals surface area contributed by atoms with Gasteiger partial charge in [-0.15, -0.1) is 11.3 Å². The van der Waals surface area contributed by atoms with Gasteiger partial charge in [0.15, 0.2) is 17.1 Å². The van der Waals surface area contributed by atoms with Gasteiger partial charge >= 0.3 is 0 Å². The first-order valence-electron chi connectivity index (χ1n) is 9.88. The molecule has 0 atom stereocenters. The van der Waals surface area contributed by atoms with E-state index in [4.69, 9.17) is 18.1 Å². The first-order chi connectivity index (χ1) is 16.0. The fourth-order valence-electron chi connectivity index (χ4n) is 4.01. The molecule has 0 spiro atoms. The maximum absolute atomic E-state index is 13.1. The van der Waals surface area contributed by atoms with Crippen LogP contribution in [0.5, 0.6) is 0 Å². The lowest BCUT2D eigenvalue weighted by atomic mass is 10.0. The number of rotatable bonds is 2. The van der Waals surface area contributed by atoms with Crippen LogP contribution in [-0.2, 0) is 7.05 Å². The van der Waals surface area contributed by atoms with Crippen molar-refractivity contribution in [2.75, 3.05) is 0 Å². The molecule has 4 aromatic rings. The van der Waals surface area contributed by atoms with Crippen molar-refractivity contribution in [1.29, 1.82) is 5.26 Å². The standard InChI is InChI=1S/C26H13N5OS/c1-28-16-10-8-15(9-11-16)21-13-22-26(31(21)3)30-23(33-22)12-19-24(20(14-27)29-2)17-6-4-5-7-18(17)25(19)32/h4-13H,3H3/b19-12-,24-20-. The summed E-state index contributed by atoms with van der Waals surface area (Å²) in [6.07, 6.45) is 1.68. The molecule has 2 heterocycles. The number of carbonyl (C=O) groups is 1. The summed E-state index contributed by atoms with van der Waals surface area (Å²) < 4.78 is 2.93. The summed E-state index contributed by atoms with van der Waals surface area (Å²) >= 11 is 1.44. The molecule has 0 saturated carbocycles. The zero-order valence-corrected chi connectivity index (χ0v) is 18.1. The number of nitriles is 1. The van der Waals surface area contributed by atoms with E-state index in [1.54, 1.807) is 42.5 Å². The fourth-order valence-corrected chi connectivity index (χ4v) is 4.99. The lowest BCUT2D eigenvalue weighted by Crippen LogP contribution is -1.96. The molecule has 1 aliphatic carbocycles. The molecule has 0 radical (unpaired) electrons. The zero-order chi connectivity index (χ0) is 23.1. The molecule has 0 saturated heterocycles. The largest absolute Gasteiger partial charge is 0.328 e. The Bertz CT molecular complexity index is 1640. The minimum Gasteiger partial charge on any atom is -0.328 e. The highest BCUT2D eigenvalue weighted by molar-refractivity contribution is 7.19. The summed E-state index contributed by atoms with van der Waals surface area (Å²) in [5, 5.41) is 10.1. The van der Waals surface area contributed by atoms with Crippen LogP contribution < -0.4 is 0 Å². The lowest BCUT2D eigenvalue weighted by molar-refractivity contribution is 0.104. The van der Waals surface area contributed by atoms with E-state index in [9.17, 15) is 10.1 Å². The average Bonchev–Trinajstić information content (AvgIpc) is 3.47. The Balaban J connectivity index is 1.62. The highest BCUT2D eigenvalue weighted by atomic mass is 32.1. The third kappa shape index (κ3) is 3.15. The van der Waals surface area contributed by atoms with Gasteiger partial charge in [0.25, 0.3) is 5.70 Å². The van der Waals surface area contributed by atoms with Gasteiger partial charge in [-0.2, -0.15) is 0 Å². The number of hydrogen-bond donors (Lipinski definition) is 0. The fraction of sp³-hybridized carbons (Fsp3) is 0.0385. The highest BCUT2D eigenvalue weighted by Gasteiger charge is 2.32. The van der Waals surface area contributed by atoms with E-state index in [0.29, 0.717) is 33.0 Å². The number of carbonyl (C=O) groups excluding carboxylic acids is 1. The summed E-state index contributed by atoms with van der Waals surface area (Å²) in [6.45, 7) is 14.5. The van der Waals surface area contributed by atoms with Gasteiger partial charge in [-0.3, -0.25) is 4.79 Å². The van der Waals surface area contributed by atoms with Gasteiger partial charge in [0.05, 0.1) is 29.6 Å². The number of benzene rings is 2. The smallest absolute Gasteiger partial charge is 0.270 e. The Labute approximate surface area is 193 Å². The van der Waals surface area contributed by atoms with Crippen LogP contribution in [0.15, 0.2) is 65.9 Å². The topological polar surface area (TPSA) is 67.4 Å². The summed E-state index contributed by atoms with van der Waals surface area (Å²) in [5.41, 5.74) is 4.99. The summed E-state index contributed by atoms with van der Waals surface area (Å²) in [4.78, 5) is 24.6. The molecule has 0 N–H and O–H groups in total. The molecule has 1 aliphatic rings. The number of ketones is 1. The number of allylic oxidation sites excluding steroid dienone is 3. The monoisotopic (exact) mass is 443 g/mol. The van der Waals surface area contributed by atoms with Crippen molar-refractivity contribution in [1.82, 2.24) is 9.55 Å². The molecule has 2 aromatic carbocycles. The molecule has 0 bridgehead atoms. The molecule has 0 unspecified atom stereocenters. The van der Waals surface area contributed by atoms with Crippen LogP contribution in [0.3, 0.4) is 0 Å². The van der Waals surface area contributed by atoms with Crippen molar-refractivity contribution in [2.24, 2.45) is 7.05 Å². The van der Waals surface area contributed by atoms with E-state index < -0.39 is 0 Å². The predicted molar refractivity (Wildman–Crippen MR) is 128 cm³/mol. The van der Waals surface area contributed by atoms with Gasteiger partial charge < -0.3 is 4.57 Å². The van der Waals surface area contributed by atoms with Gasteiger partial charge in [0.2, 0.25) is 0 Å². The maximum Gasteiger partial charge on any atom is 0.270 e. The van der Waals surface area contributed by atoms with Crippen molar-refractivity contribution in [3.8, 4) is 17.3 Å². The van der Waals surface area contributed by atoms with E-state index in [-0.39, 0.29) is 11.5 Å². The third-order valence-electron chi connectivity index (χ3n) is 5.57. The number of aromatic nitrogens is 2. The third-order valence-corrected chi connectivity index (χ3v) is 6.51. The van der Waals surface area contributed by atoms with E-state index >= 15 is 0 Å². The number of hydrogen-bond acceptors (Lipinski definition) is 4. The second-order valence-electron chi connectivity index (χ2n) is 7.37. The number of thiazole rings is 1. The Hall–Kier alpha value is -4.77. The molecule has 2 aromatic heterocycles. The van der Waals surface area contributed by atoms with Crippen molar-refractivity contribution < 1.29 is 4.79 Å². The molecule has 0 fully saturated rings. The van der Waals surface area contributed by atoms with Gasteiger partial charge in [-0.25, -0.2) is 19.9 Å². The van der Waals surface area contributed by atoms with Crippen LogP contribution in [0.4, 0.5) is 5.69 Å². The van der Waals surface area contributed by atoms with Gasteiger partial charge in [0, 0.05) is 23.8 Å². The predicted octanol–water partition coefficient (Wildman–Crippen LogP) is 6.29. The molecule has 33 heavy (non-hydrogen) atoms. The summed E-state index contributed by atoms with van der Waals surface area (Å²) in [6, 6.07) is 18.4. The lowest BCUT2D eigenvalue weighted by Gasteiger charge is -2.04. The number of nitrogens with zero attached hydrogens (tertiary/aromatic N) is 5. The van der Waals surface area contributed by atoms with Crippen LogP contribution in [0.25, 0.3) is 42.9 Å². The van der Waals surface area contributed by atoms with Crippen LogP contribution in [0, 0.1) is 24.5 Å². The maximum atomic E-state index is 13.1. The van der Waals surface area contributed by atoms with Crippen molar-refractivity contribution in [3.05, 3.63) is 105 Å². The zero-order valence-electron chi connectivity index (χ0n) is 17.3. The Morgan fingerprint density at radius 3 is 2.52 bits per heavy atom. The van der Waals surface area contributed by atoms with Crippen LogP contribution in [0.1, 0.15) is 20.9 Å². The second-order valence-corrected chi connectivity index (χ2v) is 8.43. The molecule has 5 rings (SSSR count). The molecular weight excluding hydrogens is 430 g/mol. The Morgan fingerprint density at radius 1 is 1.15 bits per heavy atom. The highest BCUT2D eigenvalue weighted by Crippen LogP contribution is 2.41. The Kier molecular flexibility index (Phi) is 4.72.